The molecule has 1 aromatic rings. The minimum Gasteiger partial charge on any atom is -0.330 e. The quantitative estimate of drug-likeness (QED) is 0.609. The molecule has 0 aliphatic rings. The zero-order valence-corrected chi connectivity index (χ0v) is 14.1. The minimum atomic E-state index is 0.374. The van der Waals surface area contributed by atoms with Gasteiger partial charge in [0.05, 0.1) is 6.04 Å². The van der Waals surface area contributed by atoms with E-state index in [9.17, 15) is 0 Å². The van der Waals surface area contributed by atoms with Crippen LogP contribution < -0.4 is 11.1 Å². The Kier molecular flexibility index (Phi) is 9.07. The Morgan fingerprint density at radius 2 is 2.10 bits per heavy atom. The summed E-state index contributed by atoms with van der Waals surface area (Å²) in [4.78, 5) is 5.87. The molecule has 0 radical (unpaired) electrons. The third-order valence-electron chi connectivity index (χ3n) is 3.80. The lowest BCUT2D eigenvalue weighted by Crippen LogP contribution is -2.20. The highest BCUT2D eigenvalue weighted by Gasteiger charge is 2.10. The van der Waals surface area contributed by atoms with Gasteiger partial charge in [0, 0.05) is 11.1 Å². The first-order valence-corrected chi connectivity index (χ1v) is 8.90. The maximum absolute atomic E-state index is 5.68. The van der Waals surface area contributed by atoms with E-state index in [1.807, 2.05) is 17.5 Å². The maximum Gasteiger partial charge on any atom is 0.109 e. The van der Waals surface area contributed by atoms with Gasteiger partial charge in [-0.05, 0) is 51.6 Å². The van der Waals surface area contributed by atoms with Crippen LogP contribution in [0.4, 0.5) is 0 Å². The molecule has 2 atom stereocenters. The minimum absolute atomic E-state index is 0.374. The van der Waals surface area contributed by atoms with Crippen molar-refractivity contribution >= 4 is 11.3 Å². The van der Waals surface area contributed by atoms with E-state index in [2.05, 4.69) is 31.1 Å². The summed E-state index contributed by atoms with van der Waals surface area (Å²) in [6.07, 6.45) is 9.39. The van der Waals surface area contributed by atoms with Crippen LogP contribution in [0.1, 0.15) is 68.8 Å². The van der Waals surface area contributed by atoms with Gasteiger partial charge in [-0.3, -0.25) is 0 Å². The predicted molar refractivity (Wildman–Crippen MR) is 89.2 cm³/mol. The van der Waals surface area contributed by atoms with Crippen LogP contribution in [0.25, 0.3) is 0 Å². The van der Waals surface area contributed by atoms with E-state index in [-0.39, 0.29) is 0 Å². The molecule has 116 valence electrons. The normalized spacial score (nSPS) is 14.4. The van der Waals surface area contributed by atoms with Crippen molar-refractivity contribution in [2.75, 3.05) is 13.1 Å². The SMILES string of the molecule is CCCC(CCN)CCCNC(C)c1ncc(CC)s1. The Morgan fingerprint density at radius 3 is 2.70 bits per heavy atom. The van der Waals surface area contributed by atoms with Crippen LogP contribution in [0.2, 0.25) is 0 Å². The molecule has 1 aromatic heterocycles. The van der Waals surface area contributed by atoms with Crippen molar-refractivity contribution in [3.8, 4) is 0 Å². The van der Waals surface area contributed by atoms with Gasteiger partial charge in [0.1, 0.15) is 5.01 Å². The number of rotatable bonds is 11. The summed E-state index contributed by atoms with van der Waals surface area (Å²) in [5.41, 5.74) is 5.68. The van der Waals surface area contributed by atoms with Crippen LogP contribution in [0, 0.1) is 5.92 Å². The lowest BCUT2D eigenvalue weighted by molar-refractivity contribution is 0.398. The Morgan fingerprint density at radius 1 is 1.30 bits per heavy atom. The number of nitrogens with zero attached hydrogens (tertiary/aromatic N) is 1. The molecule has 0 aliphatic carbocycles. The van der Waals surface area contributed by atoms with Gasteiger partial charge in [-0.1, -0.05) is 26.7 Å². The number of hydrogen-bond donors (Lipinski definition) is 2. The number of aryl methyl sites for hydroxylation is 1. The van der Waals surface area contributed by atoms with E-state index in [1.54, 1.807) is 0 Å². The van der Waals surface area contributed by atoms with Gasteiger partial charge >= 0.3 is 0 Å². The molecule has 0 saturated heterocycles. The fourth-order valence-electron chi connectivity index (χ4n) is 2.56. The van der Waals surface area contributed by atoms with E-state index < -0.39 is 0 Å². The number of thiazole rings is 1. The van der Waals surface area contributed by atoms with Gasteiger partial charge < -0.3 is 11.1 Å². The first-order chi connectivity index (χ1) is 9.71. The van der Waals surface area contributed by atoms with Gasteiger partial charge in [0.15, 0.2) is 0 Å². The molecule has 0 bridgehead atoms. The Labute approximate surface area is 128 Å². The summed E-state index contributed by atoms with van der Waals surface area (Å²) in [6.45, 7) is 8.56. The lowest BCUT2D eigenvalue weighted by Gasteiger charge is -2.16. The van der Waals surface area contributed by atoms with Crippen LogP contribution >= 0.6 is 11.3 Å². The van der Waals surface area contributed by atoms with Crippen LogP contribution in [0.5, 0.6) is 0 Å². The molecular weight excluding hydrogens is 266 g/mol. The van der Waals surface area contributed by atoms with Crippen molar-refractivity contribution in [1.29, 1.82) is 0 Å². The number of aromatic nitrogens is 1. The molecule has 1 heterocycles. The van der Waals surface area contributed by atoms with E-state index in [1.165, 1.54) is 42.0 Å². The second-order valence-corrected chi connectivity index (χ2v) is 6.72. The molecule has 3 N–H and O–H groups in total. The molecule has 2 unspecified atom stereocenters. The van der Waals surface area contributed by atoms with Crippen molar-refractivity contribution in [2.24, 2.45) is 11.7 Å². The molecule has 20 heavy (non-hydrogen) atoms. The van der Waals surface area contributed by atoms with Crippen LogP contribution in [0.15, 0.2) is 6.20 Å². The fourth-order valence-corrected chi connectivity index (χ4v) is 3.44. The van der Waals surface area contributed by atoms with Crippen molar-refractivity contribution < 1.29 is 0 Å². The van der Waals surface area contributed by atoms with Gasteiger partial charge in [0.25, 0.3) is 0 Å². The van der Waals surface area contributed by atoms with Crippen molar-refractivity contribution in [3.63, 3.8) is 0 Å². The summed E-state index contributed by atoms with van der Waals surface area (Å²) in [5.74, 6) is 0.814. The molecule has 0 amide bonds. The largest absolute Gasteiger partial charge is 0.330 e. The standard InChI is InChI=1S/C16H31N3S/c1-4-7-14(9-10-17)8-6-11-18-13(3)16-19-12-15(5-2)20-16/h12-14,18H,4-11,17H2,1-3H3. The zero-order valence-electron chi connectivity index (χ0n) is 13.3. The van der Waals surface area contributed by atoms with Crippen LogP contribution in [0.3, 0.4) is 0 Å². The van der Waals surface area contributed by atoms with E-state index in [0.717, 1.165) is 25.4 Å². The van der Waals surface area contributed by atoms with Gasteiger partial charge in [0.2, 0.25) is 0 Å². The molecular formula is C16H31N3S. The second kappa shape index (κ2) is 10.3. The fraction of sp³-hybridized carbons (Fsp3) is 0.812. The average Bonchev–Trinajstić information content (AvgIpc) is 2.92. The summed E-state index contributed by atoms with van der Waals surface area (Å²) in [7, 11) is 0. The van der Waals surface area contributed by atoms with Gasteiger partial charge in [-0.15, -0.1) is 11.3 Å². The van der Waals surface area contributed by atoms with Crippen molar-refractivity contribution in [3.05, 3.63) is 16.1 Å². The summed E-state index contributed by atoms with van der Waals surface area (Å²) in [6, 6.07) is 0.374. The summed E-state index contributed by atoms with van der Waals surface area (Å²) >= 11 is 1.83. The van der Waals surface area contributed by atoms with Crippen LogP contribution in [-0.2, 0) is 6.42 Å². The number of hydrogen-bond acceptors (Lipinski definition) is 4. The summed E-state index contributed by atoms with van der Waals surface area (Å²) < 4.78 is 0. The Balaban J connectivity index is 2.22. The number of nitrogens with one attached hydrogen (secondary N) is 1. The molecule has 0 saturated carbocycles. The Hall–Kier alpha value is -0.450. The van der Waals surface area contributed by atoms with E-state index in [4.69, 9.17) is 5.73 Å². The first kappa shape index (κ1) is 17.6. The van der Waals surface area contributed by atoms with Crippen molar-refractivity contribution in [1.82, 2.24) is 10.3 Å². The smallest absolute Gasteiger partial charge is 0.109 e. The molecule has 3 nitrogen and oxygen atoms in total. The third kappa shape index (κ3) is 6.33. The topological polar surface area (TPSA) is 50.9 Å². The molecule has 0 aliphatic heterocycles. The van der Waals surface area contributed by atoms with Gasteiger partial charge in [-0.2, -0.15) is 0 Å². The second-order valence-electron chi connectivity index (χ2n) is 5.57. The molecule has 0 spiro atoms. The predicted octanol–water partition coefficient (Wildman–Crippen LogP) is 3.90. The van der Waals surface area contributed by atoms with Crippen molar-refractivity contribution in [2.45, 2.75) is 65.3 Å². The highest BCUT2D eigenvalue weighted by molar-refractivity contribution is 7.11. The third-order valence-corrected chi connectivity index (χ3v) is 5.13. The average molecular weight is 298 g/mol. The molecule has 1 rings (SSSR count). The van der Waals surface area contributed by atoms with Crippen LogP contribution in [-0.4, -0.2) is 18.1 Å². The molecule has 4 heteroatoms. The lowest BCUT2D eigenvalue weighted by atomic mass is 9.94. The van der Waals surface area contributed by atoms with E-state index in [0.29, 0.717) is 6.04 Å². The monoisotopic (exact) mass is 297 g/mol. The number of nitrogens with two attached hydrogens (primary N) is 1. The summed E-state index contributed by atoms with van der Waals surface area (Å²) in [5, 5.41) is 4.81. The zero-order chi connectivity index (χ0) is 14.8. The first-order valence-electron chi connectivity index (χ1n) is 8.09. The highest BCUT2D eigenvalue weighted by Crippen LogP contribution is 2.21. The molecule has 0 fully saturated rings. The maximum atomic E-state index is 5.68. The molecule has 0 aromatic carbocycles. The van der Waals surface area contributed by atoms with E-state index >= 15 is 0 Å². The van der Waals surface area contributed by atoms with Gasteiger partial charge in [-0.25, -0.2) is 4.98 Å². The Bertz CT molecular complexity index is 345. The highest BCUT2D eigenvalue weighted by atomic mass is 32.1.